The van der Waals surface area contributed by atoms with Crippen LogP contribution in [0.3, 0.4) is 0 Å². The molecule has 0 bridgehead atoms. The molecule has 2 aromatic carbocycles. The molecule has 0 spiro atoms. The smallest absolute Gasteiger partial charge is 0.254 e. The molecule has 0 unspecified atom stereocenters. The molecule has 5 nitrogen and oxygen atoms in total. The minimum atomic E-state index is -1.72. The van der Waals surface area contributed by atoms with Crippen molar-refractivity contribution < 1.29 is 18.7 Å². The fourth-order valence-electron chi connectivity index (χ4n) is 3.18. The topological polar surface area (TPSA) is 67.2 Å². The van der Waals surface area contributed by atoms with Gasteiger partial charge in [0.1, 0.15) is 17.2 Å². The molecule has 0 aliphatic rings. The van der Waals surface area contributed by atoms with Crippen molar-refractivity contribution in [2.24, 2.45) is 0 Å². The molecule has 0 fully saturated rings. The lowest BCUT2D eigenvalue weighted by molar-refractivity contribution is 0.0494. The summed E-state index contributed by atoms with van der Waals surface area (Å²) in [6.45, 7) is 6.96. The minimum absolute atomic E-state index is 0.0970. The van der Waals surface area contributed by atoms with Crippen LogP contribution in [0.25, 0.3) is 5.69 Å². The maximum atomic E-state index is 14.1. The molecule has 1 atom stereocenters. The van der Waals surface area contributed by atoms with Crippen molar-refractivity contribution in [2.75, 3.05) is 6.54 Å². The normalized spacial score (nSPS) is 13.7. The number of nitrogens with one attached hydrogen (secondary N) is 1. The maximum Gasteiger partial charge on any atom is 0.254 e. The summed E-state index contributed by atoms with van der Waals surface area (Å²) in [4.78, 5) is 12.9. The average molecular weight is 413 g/mol. The fraction of sp³-hybridized carbons (Fsp3) is 0.304. The standard InChI is InChI=1S/C23H25F2N3O2/c1-22(2,3)20-17(13-28(27-20)16-8-6-5-7-9-16)21(29)26-14-23(4,30)18-11-10-15(24)12-19(18)25/h5-13,30H,14H2,1-4H3,(H,26,29)/t23-/m0/s1. The molecule has 0 saturated heterocycles. The molecule has 0 saturated carbocycles. The zero-order valence-corrected chi connectivity index (χ0v) is 17.4. The van der Waals surface area contributed by atoms with E-state index in [1.807, 2.05) is 51.1 Å². The highest BCUT2D eigenvalue weighted by Gasteiger charge is 2.30. The second kappa shape index (κ2) is 7.99. The van der Waals surface area contributed by atoms with E-state index in [1.54, 1.807) is 10.9 Å². The average Bonchev–Trinajstić information content (AvgIpc) is 3.13. The van der Waals surface area contributed by atoms with Gasteiger partial charge in [-0.1, -0.05) is 45.0 Å². The lowest BCUT2D eigenvalue weighted by Crippen LogP contribution is -2.39. The SMILES string of the molecule is CC(C)(C)c1nn(-c2ccccc2)cc1C(=O)NC[C@](C)(O)c1ccc(F)cc1F. The summed E-state index contributed by atoms with van der Waals surface area (Å²) in [6, 6.07) is 12.3. The third-order valence-corrected chi connectivity index (χ3v) is 4.79. The number of benzene rings is 2. The number of halogens is 2. The molecule has 2 N–H and O–H groups in total. The first kappa shape index (κ1) is 21.6. The summed E-state index contributed by atoms with van der Waals surface area (Å²) in [5, 5.41) is 17.9. The van der Waals surface area contributed by atoms with E-state index < -0.39 is 28.6 Å². The highest BCUT2D eigenvalue weighted by molar-refractivity contribution is 5.95. The number of para-hydroxylation sites is 1. The van der Waals surface area contributed by atoms with Crippen LogP contribution in [-0.4, -0.2) is 27.3 Å². The van der Waals surface area contributed by atoms with Crippen molar-refractivity contribution in [1.82, 2.24) is 15.1 Å². The van der Waals surface area contributed by atoms with Crippen LogP contribution in [-0.2, 0) is 11.0 Å². The van der Waals surface area contributed by atoms with E-state index in [1.165, 1.54) is 13.0 Å². The largest absolute Gasteiger partial charge is 0.383 e. The van der Waals surface area contributed by atoms with E-state index in [9.17, 15) is 18.7 Å². The number of amides is 1. The molecule has 0 aliphatic carbocycles. The molecule has 1 heterocycles. The Labute approximate surface area is 174 Å². The zero-order chi connectivity index (χ0) is 22.1. The molecule has 158 valence electrons. The van der Waals surface area contributed by atoms with E-state index in [4.69, 9.17) is 0 Å². The van der Waals surface area contributed by atoms with E-state index in [2.05, 4.69) is 10.4 Å². The lowest BCUT2D eigenvalue weighted by Gasteiger charge is -2.25. The van der Waals surface area contributed by atoms with E-state index in [-0.39, 0.29) is 12.1 Å². The highest BCUT2D eigenvalue weighted by Crippen LogP contribution is 2.27. The summed E-state index contributed by atoms with van der Waals surface area (Å²) in [5.41, 5.74) is -0.455. The Morgan fingerprint density at radius 1 is 1.10 bits per heavy atom. The number of hydrogen-bond acceptors (Lipinski definition) is 3. The molecular formula is C23H25F2N3O2. The van der Waals surface area contributed by atoms with Gasteiger partial charge in [0.25, 0.3) is 5.91 Å². The maximum absolute atomic E-state index is 14.1. The summed E-state index contributed by atoms with van der Waals surface area (Å²) in [7, 11) is 0. The zero-order valence-electron chi connectivity index (χ0n) is 17.4. The van der Waals surface area contributed by atoms with Gasteiger partial charge in [0.15, 0.2) is 0 Å². The number of aliphatic hydroxyl groups is 1. The first-order valence-corrected chi connectivity index (χ1v) is 9.61. The van der Waals surface area contributed by atoms with Crippen LogP contribution < -0.4 is 5.32 Å². The molecule has 3 aromatic rings. The Balaban J connectivity index is 1.86. The molecule has 0 radical (unpaired) electrons. The first-order valence-electron chi connectivity index (χ1n) is 9.61. The number of aromatic nitrogens is 2. The Kier molecular flexibility index (Phi) is 5.76. The first-order chi connectivity index (χ1) is 14.0. The van der Waals surface area contributed by atoms with Crippen LogP contribution in [0.1, 0.15) is 49.3 Å². The van der Waals surface area contributed by atoms with Crippen molar-refractivity contribution in [3.8, 4) is 5.69 Å². The number of carbonyl (C=O) groups excluding carboxylic acids is 1. The van der Waals surface area contributed by atoms with Crippen LogP contribution in [0.5, 0.6) is 0 Å². The van der Waals surface area contributed by atoms with Crippen LogP contribution in [0.4, 0.5) is 8.78 Å². The van der Waals surface area contributed by atoms with Crippen molar-refractivity contribution in [1.29, 1.82) is 0 Å². The van der Waals surface area contributed by atoms with Gasteiger partial charge in [0.05, 0.1) is 23.5 Å². The Bertz CT molecular complexity index is 1050. The number of carbonyl (C=O) groups is 1. The van der Waals surface area contributed by atoms with Gasteiger partial charge in [-0.3, -0.25) is 4.79 Å². The van der Waals surface area contributed by atoms with Crippen molar-refractivity contribution in [3.63, 3.8) is 0 Å². The predicted molar refractivity (Wildman–Crippen MR) is 111 cm³/mol. The van der Waals surface area contributed by atoms with Gasteiger partial charge in [0.2, 0.25) is 0 Å². The Morgan fingerprint density at radius 3 is 2.37 bits per heavy atom. The third-order valence-electron chi connectivity index (χ3n) is 4.79. The van der Waals surface area contributed by atoms with Gasteiger partial charge in [-0.05, 0) is 25.1 Å². The lowest BCUT2D eigenvalue weighted by atomic mass is 9.89. The molecule has 0 aliphatic heterocycles. The van der Waals surface area contributed by atoms with Crippen molar-refractivity contribution in [2.45, 2.75) is 38.7 Å². The fourth-order valence-corrected chi connectivity index (χ4v) is 3.18. The van der Waals surface area contributed by atoms with Crippen molar-refractivity contribution in [3.05, 3.63) is 83.2 Å². The molecule has 1 aromatic heterocycles. The Morgan fingerprint density at radius 2 is 1.77 bits per heavy atom. The van der Waals surface area contributed by atoms with E-state index >= 15 is 0 Å². The van der Waals surface area contributed by atoms with Crippen LogP contribution >= 0.6 is 0 Å². The minimum Gasteiger partial charge on any atom is -0.383 e. The molecule has 3 rings (SSSR count). The van der Waals surface area contributed by atoms with Gasteiger partial charge in [-0.15, -0.1) is 0 Å². The molecule has 7 heteroatoms. The second-order valence-electron chi connectivity index (χ2n) is 8.50. The second-order valence-corrected chi connectivity index (χ2v) is 8.50. The summed E-state index contributed by atoms with van der Waals surface area (Å²) < 4.78 is 28.9. The van der Waals surface area contributed by atoms with E-state index in [0.29, 0.717) is 17.3 Å². The third kappa shape index (κ3) is 4.57. The summed E-state index contributed by atoms with van der Waals surface area (Å²) >= 11 is 0. The quantitative estimate of drug-likeness (QED) is 0.662. The van der Waals surface area contributed by atoms with Gasteiger partial charge in [0, 0.05) is 23.2 Å². The van der Waals surface area contributed by atoms with Gasteiger partial charge < -0.3 is 10.4 Å². The monoisotopic (exact) mass is 413 g/mol. The van der Waals surface area contributed by atoms with Crippen molar-refractivity contribution >= 4 is 5.91 Å². The number of nitrogens with zero attached hydrogens (tertiary/aromatic N) is 2. The van der Waals surface area contributed by atoms with Gasteiger partial charge >= 0.3 is 0 Å². The summed E-state index contributed by atoms with van der Waals surface area (Å²) in [5.74, 6) is -2.05. The van der Waals surface area contributed by atoms with Crippen LogP contribution in [0.15, 0.2) is 54.7 Å². The predicted octanol–water partition coefficient (Wildman–Crippen LogP) is 4.09. The molecular weight excluding hydrogens is 388 g/mol. The highest BCUT2D eigenvalue weighted by atomic mass is 19.1. The van der Waals surface area contributed by atoms with Gasteiger partial charge in [-0.25, -0.2) is 13.5 Å². The molecule has 1 amide bonds. The van der Waals surface area contributed by atoms with Gasteiger partial charge in [-0.2, -0.15) is 5.10 Å². The molecule has 30 heavy (non-hydrogen) atoms. The van der Waals surface area contributed by atoms with Crippen LogP contribution in [0, 0.1) is 11.6 Å². The van der Waals surface area contributed by atoms with E-state index in [0.717, 1.165) is 11.8 Å². The summed E-state index contributed by atoms with van der Waals surface area (Å²) in [6.07, 6.45) is 1.64. The number of hydrogen-bond donors (Lipinski definition) is 2. The Hall–Kier alpha value is -3.06. The van der Waals surface area contributed by atoms with Crippen LogP contribution in [0.2, 0.25) is 0 Å². The number of rotatable bonds is 5.